The maximum Gasteiger partial charge on any atom is 0.0642 e. The van der Waals surface area contributed by atoms with Crippen molar-refractivity contribution < 1.29 is 0 Å². The fourth-order valence-corrected chi connectivity index (χ4v) is 3.06. The van der Waals surface area contributed by atoms with Gasteiger partial charge in [-0.05, 0) is 37.4 Å². The van der Waals surface area contributed by atoms with E-state index in [9.17, 15) is 0 Å². The molecule has 0 bridgehead atoms. The van der Waals surface area contributed by atoms with E-state index in [1.807, 2.05) is 12.1 Å². The Morgan fingerprint density at radius 1 is 1.06 bits per heavy atom. The second kappa shape index (κ2) is 7.01. The third-order valence-corrected chi connectivity index (χ3v) is 3.96. The molecule has 0 amide bonds. The fourth-order valence-electron chi connectivity index (χ4n) is 2.74. The van der Waals surface area contributed by atoms with E-state index >= 15 is 0 Å². The minimum absolute atomic E-state index is 0.682. The predicted molar refractivity (Wildman–Crippen MR) is 79.5 cm³/mol. The molecule has 1 aromatic carbocycles. The van der Waals surface area contributed by atoms with Crippen molar-refractivity contribution >= 4 is 17.3 Å². The van der Waals surface area contributed by atoms with Gasteiger partial charge in [-0.2, -0.15) is 0 Å². The Labute approximate surface area is 115 Å². The van der Waals surface area contributed by atoms with Crippen LogP contribution < -0.4 is 10.6 Å². The number of anilines is 1. The summed E-state index contributed by atoms with van der Waals surface area (Å²) in [6.07, 6.45) is 7.51. The number of halogens is 1. The van der Waals surface area contributed by atoms with Crippen LogP contribution in [0.15, 0.2) is 18.2 Å². The van der Waals surface area contributed by atoms with Gasteiger partial charge in [0.1, 0.15) is 0 Å². The molecule has 2 nitrogen and oxygen atoms in total. The Balaban J connectivity index is 2.23. The van der Waals surface area contributed by atoms with Gasteiger partial charge in [-0.15, -0.1) is 0 Å². The Bertz CT molecular complexity index is 371. The van der Waals surface area contributed by atoms with Crippen molar-refractivity contribution in [2.45, 2.75) is 38.5 Å². The van der Waals surface area contributed by atoms with Crippen LogP contribution in [0.1, 0.15) is 37.7 Å². The molecule has 1 aromatic rings. The SMILES string of the molecule is NCCc1cccc(Cl)c1N1CCCCCCC1. The average molecular weight is 267 g/mol. The third-order valence-electron chi connectivity index (χ3n) is 3.66. The van der Waals surface area contributed by atoms with Crippen molar-refractivity contribution in [3.05, 3.63) is 28.8 Å². The van der Waals surface area contributed by atoms with E-state index in [0.29, 0.717) is 6.54 Å². The number of benzene rings is 1. The van der Waals surface area contributed by atoms with Crippen LogP contribution in [-0.2, 0) is 6.42 Å². The smallest absolute Gasteiger partial charge is 0.0642 e. The Hall–Kier alpha value is -0.730. The van der Waals surface area contributed by atoms with Crippen LogP contribution in [0.3, 0.4) is 0 Å². The summed E-state index contributed by atoms with van der Waals surface area (Å²) in [6, 6.07) is 6.18. The number of hydrogen-bond donors (Lipinski definition) is 1. The van der Waals surface area contributed by atoms with E-state index in [-0.39, 0.29) is 0 Å². The monoisotopic (exact) mass is 266 g/mol. The van der Waals surface area contributed by atoms with Crippen molar-refractivity contribution in [2.24, 2.45) is 5.73 Å². The first-order valence-corrected chi connectivity index (χ1v) is 7.43. The lowest BCUT2D eigenvalue weighted by atomic mass is 10.0. The number of nitrogens with two attached hydrogens (primary N) is 1. The molecule has 1 aliphatic heterocycles. The van der Waals surface area contributed by atoms with Crippen molar-refractivity contribution in [2.75, 3.05) is 24.5 Å². The Morgan fingerprint density at radius 3 is 2.39 bits per heavy atom. The summed E-state index contributed by atoms with van der Waals surface area (Å²) in [6.45, 7) is 2.93. The van der Waals surface area contributed by atoms with Gasteiger partial charge >= 0.3 is 0 Å². The summed E-state index contributed by atoms with van der Waals surface area (Å²) in [5.74, 6) is 0. The molecule has 1 heterocycles. The summed E-state index contributed by atoms with van der Waals surface area (Å²) >= 11 is 6.41. The minimum atomic E-state index is 0.682. The Kier molecular flexibility index (Phi) is 5.33. The standard InChI is InChI=1S/C15H23ClN2/c16-14-8-6-7-13(9-10-17)15(14)18-11-4-2-1-3-5-12-18/h6-8H,1-5,9-12,17H2. The van der Waals surface area contributed by atoms with E-state index in [4.69, 9.17) is 17.3 Å². The van der Waals surface area contributed by atoms with Gasteiger partial charge in [0.2, 0.25) is 0 Å². The molecular weight excluding hydrogens is 244 g/mol. The molecule has 0 unspecified atom stereocenters. The molecular formula is C15H23ClN2. The summed E-state index contributed by atoms with van der Waals surface area (Å²) in [7, 11) is 0. The van der Waals surface area contributed by atoms with Gasteiger partial charge in [0.15, 0.2) is 0 Å². The zero-order valence-electron chi connectivity index (χ0n) is 11.0. The summed E-state index contributed by atoms with van der Waals surface area (Å²) in [4.78, 5) is 2.46. The van der Waals surface area contributed by atoms with Crippen molar-refractivity contribution in [3.8, 4) is 0 Å². The summed E-state index contributed by atoms with van der Waals surface area (Å²) in [5, 5.41) is 0.876. The van der Waals surface area contributed by atoms with Crippen LogP contribution in [0.25, 0.3) is 0 Å². The molecule has 0 atom stereocenters. The third kappa shape index (κ3) is 3.39. The summed E-state index contributed by atoms with van der Waals surface area (Å²) < 4.78 is 0. The molecule has 0 spiro atoms. The second-order valence-corrected chi connectivity index (χ2v) is 5.45. The lowest BCUT2D eigenvalue weighted by molar-refractivity contribution is 0.555. The van der Waals surface area contributed by atoms with Crippen LogP contribution in [0.4, 0.5) is 5.69 Å². The predicted octanol–water partition coefficient (Wildman–Crippen LogP) is 3.61. The zero-order valence-corrected chi connectivity index (χ0v) is 11.8. The highest BCUT2D eigenvalue weighted by Gasteiger charge is 2.15. The van der Waals surface area contributed by atoms with E-state index in [2.05, 4.69) is 11.0 Å². The maximum atomic E-state index is 6.41. The molecule has 1 fully saturated rings. The lowest BCUT2D eigenvalue weighted by Gasteiger charge is -2.29. The molecule has 0 saturated carbocycles. The highest BCUT2D eigenvalue weighted by atomic mass is 35.5. The van der Waals surface area contributed by atoms with E-state index in [1.165, 1.54) is 43.4 Å². The quantitative estimate of drug-likeness (QED) is 0.906. The number of rotatable bonds is 3. The number of para-hydroxylation sites is 1. The second-order valence-electron chi connectivity index (χ2n) is 5.04. The molecule has 3 heteroatoms. The van der Waals surface area contributed by atoms with E-state index < -0.39 is 0 Å². The molecule has 100 valence electrons. The van der Waals surface area contributed by atoms with Gasteiger partial charge in [0.05, 0.1) is 10.7 Å². The fraction of sp³-hybridized carbons (Fsp3) is 0.600. The zero-order chi connectivity index (χ0) is 12.8. The van der Waals surface area contributed by atoms with Gasteiger partial charge in [0.25, 0.3) is 0 Å². The lowest BCUT2D eigenvalue weighted by Crippen LogP contribution is -2.28. The molecule has 1 saturated heterocycles. The van der Waals surface area contributed by atoms with Crippen LogP contribution in [0.5, 0.6) is 0 Å². The topological polar surface area (TPSA) is 29.3 Å². The first kappa shape index (κ1) is 13.7. The highest BCUT2D eigenvalue weighted by Crippen LogP contribution is 2.31. The highest BCUT2D eigenvalue weighted by molar-refractivity contribution is 6.33. The molecule has 2 N–H and O–H groups in total. The minimum Gasteiger partial charge on any atom is -0.370 e. The molecule has 18 heavy (non-hydrogen) atoms. The maximum absolute atomic E-state index is 6.41. The first-order valence-electron chi connectivity index (χ1n) is 7.05. The normalized spacial score (nSPS) is 17.3. The van der Waals surface area contributed by atoms with Gasteiger partial charge in [-0.1, -0.05) is 43.0 Å². The van der Waals surface area contributed by atoms with E-state index in [0.717, 1.165) is 24.5 Å². The molecule has 1 aliphatic rings. The van der Waals surface area contributed by atoms with Crippen molar-refractivity contribution in [3.63, 3.8) is 0 Å². The first-order chi connectivity index (χ1) is 8.83. The average Bonchev–Trinajstić information content (AvgIpc) is 2.31. The molecule has 0 aromatic heterocycles. The van der Waals surface area contributed by atoms with Gasteiger partial charge in [-0.25, -0.2) is 0 Å². The van der Waals surface area contributed by atoms with Crippen LogP contribution >= 0.6 is 11.6 Å². The van der Waals surface area contributed by atoms with Crippen molar-refractivity contribution in [1.29, 1.82) is 0 Å². The molecule has 2 rings (SSSR count). The number of nitrogens with zero attached hydrogens (tertiary/aromatic N) is 1. The molecule has 0 radical (unpaired) electrons. The number of hydrogen-bond acceptors (Lipinski definition) is 2. The Morgan fingerprint density at radius 2 is 1.72 bits per heavy atom. The largest absolute Gasteiger partial charge is 0.370 e. The summed E-state index contributed by atoms with van der Waals surface area (Å²) in [5.41, 5.74) is 8.23. The van der Waals surface area contributed by atoms with Gasteiger partial charge < -0.3 is 10.6 Å². The van der Waals surface area contributed by atoms with Crippen LogP contribution in [-0.4, -0.2) is 19.6 Å². The van der Waals surface area contributed by atoms with Gasteiger partial charge in [0, 0.05) is 13.1 Å². The van der Waals surface area contributed by atoms with Crippen LogP contribution in [0.2, 0.25) is 5.02 Å². The van der Waals surface area contributed by atoms with E-state index in [1.54, 1.807) is 0 Å². The molecule has 0 aliphatic carbocycles. The van der Waals surface area contributed by atoms with Crippen LogP contribution in [0, 0.1) is 0 Å². The van der Waals surface area contributed by atoms with Crippen molar-refractivity contribution in [1.82, 2.24) is 0 Å². The van der Waals surface area contributed by atoms with Gasteiger partial charge in [-0.3, -0.25) is 0 Å².